The number of methoxy groups -OCH3 is 2. The van der Waals surface area contributed by atoms with Crippen LogP contribution in [0, 0.1) is 0 Å². The van der Waals surface area contributed by atoms with Gasteiger partial charge in [0.15, 0.2) is 11.5 Å². The van der Waals surface area contributed by atoms with Gasteiger partial charge in [0, 0.05) is 13.1 Å². The SMILES string of the molecule is CCOc1c(OC)cc(CNCC(c2ccco2)N2CCCC2)cc1OC. The molecule has 1 aromatic heterocycles. The van der Waals surface area contributed by atoms with E-state index in [9.17, 15) is 0 Å². The average Bonchev–Trinajstić information content (AvgIpc) is 3.40. The normalized spacial score (nSPS) is 15.7. The highest BCUT2D eigenvalue weighted by atomic mass is 16.5. The van der Waals surface area contributed by atoms with Gasteiger partial charge in [0.1, 0.15) is 5.76 Å². The van der Waals surface area contributed by atoms with Crippen molar-refractivity contribution in [1.82, 2.24) is 10.2 Å². The topological polar surface area (TPSA) is 56.1 Å². The van der Waals surface area contributed by atoms with Crippen LogP contribution >= 0.6 is 0 Å². The summed E-state index contributed by atoms with van der Waals surface area (Å²) in [5, 5.41) is 3.57. The van der Waals surface area contributed by atoms with Gasteiger partial charge < -0.3 is 23.9 Å². The molecule has 1 unspecified atom stereocenters. The molecule has 6 nitrogen and oxygen atoms in total. The van der Waals surface area contributed by atoms with Gasteiger partial charge in [-0.1, -0.05) is 0 Å². The lowest BCUT2D eigenvalue weighted by molar-refractivity contribution is 0.209. The highest BCUT2D eigenvalue weighted by Gasteiger charge is 2.25. The van der Waals surface area contributed by atoms with E-state index in [0.717, 1.165) is 31.0 Å². The van der Waals surface area contributed by atoms with Crippen molar-refractivity contribution in [2.75, 3.05) is 40.5 Å². The first-order valence-electron chi connectivity index (χ1n) is 9.62. The fourth-order valence-corrected chi connectivity index (χ4v) is 3.62. The Bertz CT molecular complexity index is 671. The second kappa shape index (κ2) is 9.67. The molecule has 0 bridgehead atoms. The molecule has 2 aromatic rings. The van der Waals surface area contributed by atoms with Crippen molar-refractivity contribution < 1.29 is 18.6 Å². The lowest BCUT2D eigenvalue weighted by atomic mass is 10.1. The molecule has 0 spiro atoms. The Morgan fingerprint density at radius 3 is 2.41 bits per heavy atom. The van der Waals surface area contributed by atoms with Crippen molar-refractivity contribution in [2.45, 2.75) is 32.4 Å². The zero-order valence-corrected chi connectivity index (χ0v) is 16.5. The summed E-state index contributed by atoms with van der Waals surface area (Å²) in [5.74, 6) is 3.05. The number of nitrogens with zero attached hydrogens (tertiary/aromatic N) is 1. The molecule has 1 fully saturated rings. The minimum atomic E-state index is 0.258. The summed E-state index contributed by atoms with van der Waals surface area (Å²) >= 11 is 0. The van der Waals surface area contributed by atoms with Crippen molar-refractivity contribution in [3.8, 4) is 17.2 Å². The first-order valence-corrected chi connectivity index (χ1v) is 9.62. The van der Waals surface area contributed by atoms with Gasteiger partial charge in [-0.15, -0.1) is 0 Å². The maximum absolute atomic E-state index is 5.69. The molecule has 1 aromatic carbocycles. The standard InChI is InChI=1S/C21H30N2O4/c1-4-26-21-19(24-2)12-16(13-20(21)25-3)14-22-15-17(18-8-7-11-27-18)23-9-5-6-10-23/h7-8,11-13,17,22H,4-6,9-10,14-15H2,1-3H3. The number of hydrogen-bond acceptors (Lipinski definition) is 6. The van der Waals surface area contributed by atoms with E-state index in [-0.39, 0.29) is 6.04 Å². The molecule has 0 radical (unpaired) electrons. The average molecular weight is 374 g/mol. The number of furan rings is 1. The second-order valence-corrected chi connectivity index (χ2v) is 6.67. The molecule has 1 atom stereocenters. The Hall–Kier alpha value is -2.18. The number of likely N-dealkylation sites (tertiary alicyclic amines) is 1. The van der Waals surface area contributed by atoms with Crippen molar-refractivity contribution in [1.29, 1.82) is 0 Å². The first-order chi connectivity index (χ1) is 13.3. The van der Waals surface area contributed by atoms with Crippen LogP contribution in [0.5, 0.6) is 17.2 Å². The molecule has 0 amide bonds. The molecule has 148 valence electrons. The Morgan fingerprint density at radius 1 is 1.15 bits per heavy atom. The first kappa shape index (κ1) is 19.6. The van der Waals surface area contributed by atoms with Crippen LogP contribution in [-0.4, -0.2) is 45.4 Å². The molecule has 0 saturated carbocycles. The summed E-state index contributed by atoms with van der Waals surface area (Å²) in [4.78, 5) is 2.49. The smallest absolute Gasteiger partial charge is 0.203 e. The van der Waals surface area contributed by atoms with E-state index in [1.807, 2.05) is 25.1 Å². The van der Waals surface area contributed by atoms with Crippen molar-refractivity contribution in [2.24, 2.45) is 0 Å². The van der Waals surface area contributed by atoms with Crippen LogP contribution in [0.4, 0.5) is 0 Å². The van der Waals surface area contributed by atoms with Crippen LogP contribution in [0.2, 0.25) is 0 Å². The van der Waals surface area contributed by atoms with Gasteiger partial charge in [-0.3, -0.25) is 4.90 Å². The number of nitrogens with one attached hydrogen (secondary N) is 1. The molecular weight excluding hydrogens is 344 g/mol. The lowest BCUT2D eigenvalue weighted by Gasteiger charge is -2.26. The van der Waals surface area contributed by atoms with Gasteiger partial charge in [0.05, 0.1) is 33.1 Å². The zero-order chi connectivity index (χ0) is 19.1. The third-order valence-corrected chi connectivity index (χ3v) is 4.93. The van der Waals surface area contributed by atoms with Crippen LogP contribution in [0.15, 0.2) is 34.9 Å². The van der Waals surface area contributed by atoms with Crippen LogP contribution in [0.3, 0.4) is 0 Å². The molecule has 1 N–H and O–H groups in total. The Balaban J connectivity index is 1.68. The molecule has 2 heterocycles. The number of rotatable bonds is 10. The molecular formula is C21H30N2O4. The summed E-state index contributed by atoms with van der Waals surface area (Å²) < 4.78 is 22.3. The number of ether oxygens (including phenoxy) is 3. The molecule has 1 aliphatic rings. The van der Waals surface area contributed by atoms with E-state index < -0.39 is 0 Å². The predicted molar refractivity (Wildman–Crippen MR) is 105 cm³/mol. The third-order valence-electron chi connectivity index (χ3n) is 4.93. The van der Waals surface area contributed by atoms with Gasteiger partial charge in [-0.25, -0.2) is 0 Å². The van der Waals surface area contributed by atoms with E-state index in [0.29, 0.717) is 30.4 Å². The molecule has 0 aliphatic carbocycles. The van der Waals surface area contributed by atoms with Gasteiger partial charge in [-0.2, -0.15) is 0 Å². The molecule has 1 aliphatic heterocycles. The summed E-state index contributed by atoms with van der Waals surface area (Å²) in [5.41, 5.74) is 1.09. The Labute approximate surface area is 161 Å². The molecule has 6 heteroatoms. The van der Waals surface area contributed by atoms with Gasteiger partial charge in [0.25, 0.3) is 0 Å². The summed E-state index contributed by atoms with van der Waals surface area (Å²) in [6.07, 6.45) is 4.26. The van der Waals surface area contributed by atoms with E-state index in [1.165, 1.54) is 12.8 Å². The monoisotopic (exact) mass is 374 g/mol. The van der Waals surface area contributed by atoms with Crippen molar-refractivity contribution in [3.05, 3.63) is 41.9 Å². The molecule has 1 saturated heterocycles. The van der Waals surface area contributed by atoms with Crippen LogP contribution in [0.25, 0.3) is 0 Å². The fourth-order valence-electron chi connectivity index (χ4n) is 3.62. The highest BCUT2D eigenvalue weighted by molar-refractivity contribution is 5.53. The summed E-state index contributed by atoms with van der Waals surface area (Å²) in [6.45, 7) is 6.29. The molecule has 27 heavy (non-hydrogen) atoms. The fraction of sp³-hybridized carbons (Fsp3) is 0.524. The number of hydrogen-bond donors (Lipinski definition) is 1. The summed E-state index contributed by atoms with van der Waals surface area (Å²) in [7, 11) is 3.30. The van der Waals surface area contributed by atoms with Crippen LogP contribution in [-0.2, 0) is 6.54 Å². The Kier molecular flexibility index (Phi) is 7.01. The zero-order valence-electron chi connectivity index (χ0n) is 16.5. The maximum Gasteiger partial charge on any atom is 0.203 e. The van der Waals surface area contributed by atoms with Gasteiger partial charge in [0.2, 0.25) is 5.75 Å². The van der Waals surface area contributed by atoms with E-state index in [2.05, 4.69) is 16.3 Å². The highest BCUT2D eigenvalue weighted by Crippen LogP contribution is 2.38. The van der Waals surface area contributed by atoms with E-state index >= 15 is 0 Å². The second-order valence-electron chi connectivity index (χ2n) is 6.67. The van der Waals surface area contributed by atoms with Gasteiger partial charge in [-0.05, 0) is 62.7 Å². The van der Waals surface area contributed by atoms with Crippen molar-refractivity contribution in [3.63, 3.8) is 0 Å². The third kappa shape index (κ3) is 4.76. The van der Waals surface area contributed by atoms with E-state index in [1.54, 1.807) is 20.5 Å². The number of benzene rings is 1. The van der Waals surface area contributed by atoms with Crippen LogP contribution in [0.1, 0.15) is 37.1 Å². The van der Waals surface area contributed by atoms with Crippen LogP contribution < -0.4 is 19.5 Å². The predicted octanol–water partition coefficient (Wildman–Crippen LogP) is 3.62. The van der Waals surface area contributed by atoms with Gasteiger partial charge >= 0.3 is 0 Å². The maximum atomic E-state index is 5.69. The molecule has 3 rings (SSSR count). The quantitative estimate of drug-likeness (QED) is 0.685. The summed E-state index contributed by atoms with van der Waals surface area (Å²) in [6, 6.07) is 8.28. The largest absolute Gasteiger partial charge is 0.493 e. The van der Waals surface area contributed by atoms with E-state index in [4.69, 9.17) is 18.6 Å². The lowest BCUT2D eigenvalue weighted by Crippen LogP contribution is -2.33. The minimum Gasteiger partial charge on any atom is -0.493 e. The van der Waals surface area contributed by atoms with Crippen molar-refractivity contribution >= 4 is 0 Å². The minimum absolute atomic E-state index is 0.258. The Morgan fingerprint density at radius 2 is 1.85 bits per heavy atom.